The molecule has 0 spiro atoms. The zero-order valence-corrected chi connectivity index (χ0v) is 16.3. The van der Waals surface area contributed by atoms with Crippen molar-refractivity contribution in [2.45, 2.75) is 26.2 Å². The highest BCUT2D eigenvalue weighted by Gasteiger charge is 2.45. The van der Waals surface area contributed by atoms with Gasteiger partial charge in [0.15, 0.2) is 0 Å². The number of ketones is 1. The number of Topliss-reactive ketones (excluding diaryl/α,β-unsaturated/α-hetero) is 1. The van der Waals surface area contributed by atoms with Gasteiger partial charge in [-0.15, -0.1) is 0 Å². The number of anilines is 1. The maximum atomic E-state index is 13.1. The molecule has 2 heterocycles. The predicted octanol–water partition coefficient (Wildman–Crippen LogP) is 1.85. The molecule has 1 aliphatic carbocycles. The van der Waals surface area contributed by atoms with Crippen molar-refractivity contribution in [3.8, 4) is 5.75 Å². The number of benzene rings is 1. The highest BCUT2D eigenvalue weighted by atomic mass is 16.3. The number of nitrogens with zero attached hydrogens (tertiary/aromatic N) is 2. The number of allylic oxidation sites excluding steroid dienone is 2. The lowest BCUT2D eigenvalue weighted by molar-refractivity contribution is -0.124. The number of aromatic nitrogens is 2. The summed E-state index contributed by atoms with van der Waals surface area (Å²) in [6, 6.07) is 6.54. The van der Waals surface area contributed by atoms with E-state index in [9.17, 15) is 19.5 Å². The summed E-state index contributed by atoms with van der Waals surface area (Å²) >= 11 is 0. The maximum Gasteiger partial charge on any atom is 0.332 e. The van der Waals surface area contributed by atoms with E-state index < -0.39 is 23.1 Å². The number of nitrogens with one attached hydrogen (secondary N) is 1. The van der Waals surface area contributed by atoms with Crippen molar-refractivity contribution in [1.82, 2.24) is 9.13 Å². The first kappa shape index (κ1) is 18.3. The first-order valence-corrected chi connectivity index (χ1v) is 9.22. The standard InChI is InChI=1S/C21H23N3O4/c1-21(2)9-13-16(14(26)10-21)15(11-5-7-12(25)8-6-11)17-18(22-13)23(3)20(28)24(4)19(17)27/h5-9,15-16,22,25H,10H2,1-4H3/t15-,16-/m0/s1. The van der Waals surface area contributed by atoms with Gasteiger partial charge in [-0.05, 0) is 23.1 Å². The van der Waals surface area contributed by atoms with Crippen molar-refractivity contribution in [3.63, 3.8) is 0 Å². The number of fused-ring (bicyclic) bond motifs is 2. The van der Waals surface area contributed by atoms with Crippen molar-refractivity contribution < 1.29 is 9.90 Å². The second-order valence-corrected chi connectivity index (χ2v) is 8.37. The lowest BCUT2D eigenvalue weighted by Crippen LogP contribution is -2.47. The molecule has 2 N–H and O–H groups in total. The molecule has 0 radical (unpaired) electrons. The fraction of sp³-hybridized carbons (Fsp3) is 0.381. The lowest BCUT2D eigenvalue weighted by Gasteiger charge is -2.41. The summed E-state index contributed by atoms with van der Waals surface area (Å²) in [4.78, 5) is 38.7. The SMILES string of the molecule is Cn1c2c(c(=O)n(C)c1=O)[C@@H](c1ccc(O)cc1)[C@@H]1C(=O)CC(C)(C)C=C1N2. The third kappa shape index (κ3) is 2.61. The third-order valence-corrected chi connectivity index (χ3v) is 5.72. The van der Waals surface area contributed by atoms with Gasteiger partial charge in [0.2, 0.25) is 0 Å². The summed E-state index contributed by atoms with van der Waals surface area (Å²) in [6.07, 6.45) is 2.40. The monoisotopic (exact) mass is 381 g/mol. The van der Waals surface area contributed by atoms with Gasteiger partial charge < -0.3 is 10.4 Å². The molecule has 0 saturated heterocycles. The largest absolute Gasteiger partial charge is 0.508 e. The molecule has 1 aliphatic heterocycles. The Morgan fingerprint density at radius 3 is 2.32 bits per heavy atom. The Labute approximate surface area is 161 Å². The van der Waals surface area contributed by atoms with E-state index in [4.69, 9.17) is 0 Å². The van der Waals surface area contributed by atoms with Gasteiger partial charge in [-0.1, -0.05) is 32.1 Å². The summed E-state index contributed by atoms with van der Waals surface area (Å²) in [7, 11) is 3.05. The number of phenols is 1. The van der Waals surface area contributed by atoms with E-state index >= 15 is 0 Å². The van der Waals surface area contributed by atoms with E-state index in [0.717, 1.165) is 15.8 Å². The van der Waals surface area contributed by atoms with E-state index in [1.807, 2.05) is 19.9 Å². The fourth-order valence-electron chi connectivity index (χ4n) is 4.42. The quantitative estimate of drug-likeness (QED) is 0.786. The molecule has 146 valence electrons. The van der Waals surface area contributed by atoms with Crippen LogP contribution in [0, 0.1) is 11.3 Å². The van der Waals surface area contributed by atoms with Crippen LogP contribution in [0.5, 0.6) is 5.75 Å². The van der Waals surface area contributed by atoms with Crippen LogP contribution in [-0.2, 0) is 18.9 Å². The van der Waals surface area contributed by atoms with Crippen LogP contribution in [0.1, 0.15) is 37.3 Å². The summed E-state index contributed by atoms with van der Waals surface area (Å²) in [5.41, 5.74) is 0.702. The molecule has 0 fully saturated rings. The number of rotatable bonds is 1. The highest BCUT2D eigenvalue weighted by Crippen LogP contribution is 2.47. The Hall–Kier alpha value is -3.09. The van der Waals surface area contributed by atoms with Gasteiger partial charge in [0.05, 0.1) is 11.5 Å². The van der Waals surface area contributed by atoms with Gasteiger partial charge in [-0.3, -0.25) is 18.7 Å². The zero-order chi connectivity index (χ0) is 20.4. The number of aromatic hydroxyl groups is 1. The molecule has 0 unspecified atom stereocenters. The van der Waals surface area contributed by atoms with Gasteiger partial charge in [0, 0.05) is 32.1 Å². The molecular formula is C21H23N3O4. The Bertz CT molecular complexity index is 1140. The molecule has 0 amide bonds. The fourth-order valence-corrected chi connectivity index (χ4v) is 4.42. The normalized spacial score (nSPS) is 22.7. The molecular weight excluding hydrogens is 358 g/mol. The van der Waals surface area contributed by atoms with Crippen molar-refractivity contribution in [1.29, 1.82) is 0 Å². The molecule has 0 bridgehead atoms. The van der Waals surface area contributed by atoms with Crippen LogP contribution in [-0.4, -0.2) is 20.0 Å². The molecule has 7 heteroatoms. The molecule has 2 atom stereocenters. The number of phenolic OH excluding ortho intramolecular Hbond substituents is 1. The molecule has 2 aliphatic rings. The van der Waals surface area contributed by atoms with Gasteiger partial charge >= 0.3 is 5.69 Å². The van der Waals surface area contributed by atoms with Crippen LogP contribution in [0.4, 0.5) is 5.82 Å². The van der Waals surface area contributed by atoms with Crippen molar-refractivity contribution in [2.75, 3.05) is 5.32 Å². The minimum absolute atomic E-state index is 0.0506. The third-order valence-electron chi connectivity index (χ3n) is 5.72. The Morgan fingerprint density at radius 2 is 1.68 bits per heavy atom. The van der Waals surface area contributed by atoms with E-state index in [0.29, 0.717) is 17.8 Å². The van der Waals surface area contributed by atoms with Crippen LogP contribution >= 0.6 is 0 Å². The average Bonchev–Trinajstić information content (AvgIpc) is 2.63. The first-order chi connectivity index (χ1) is 13.1. The topological polar surface area (TPSA) is 93.3 Å². The summed E-state index contributed by atoms with van der Waals surface area (Å²) in [5.74, 6) is -0.487. The van der Waals surface area contributed by atoms with Gasteiger partial charge in [0.1, 0.15) is 17.4 Å². The van der Waals surface area contributed by atoms with E-state index in [1.165, 1.54) is 11.6 Å². The molecule has 1 aromatic heterocycles. The molecule has 28 heavy (non-hydrogen) atoms. The lowest BCUT2D eigenvalue weighted by atomic mass is 9.67. The molecule has 2 aromatic rings. The smallest absolute Gasteiger partial charge is 0.332 e. The number of hydrogen-bond acceptors (Lipinski definition) is 5. The minimum atomic E-state index is -0.532. The molecule has 7 nitrogen and oxygen atoms in total. The summed E-state index contributed by atoms with van der Waals surface area (Å²) in [6.45, 7) is 3.98. The average molecular weight is 381 g/mol. The van der Waals surface area contributed by atoms with Crippen LogP contribution in [0.2, 0.25) is 0 Å². The molecule has 1 aromatic carbocycles. The zero-order valence-electron chi connectivity index (χ0n) is 16.3. The predicted molar refractivity (Wildman–Crippen MR) is 105 cm³/mol. The van der Waals surface area contributed by atoms with Crippen molar-refractivity contribution in [3.05, 3.63) is 68.0 Å². The Balaban J connectivity index is 2.07. The van der Waals surface area contributed by atoms with E-state index in [1.54, 1.807) is 31.3 Å². The molecule has 0 saturated carbocycles. The van der Waals surface area contributed by atoms with Crippen LogP contribution in [0.3, 0.4) is 0 Å². The van der Waals surface area contributed by atoms with Crippen LogP contribution in [0.25, 0.3) is 0 Å². The van der Waals surface area contributed by atoms with Crippen LogP contribution < -0.4 is 16.6 Å². The van der Waals surface area contributed by atoms with Gasteiger partial charge in [-0.25, -0.2) is 4.79 Å². The maximum absolute atomic E-state index is 13.1. The number of carbonyl (C=O) groups is 1. The number of hydrogen-bond donors (Lipinski definition) is 2. The minimum Gasteiger partial charge on any atom is -0.508 e. The van der Waals surface area contributed by atoms with Crippen molar-refractivity contribution >= 4 is 11.6 Å². The Kier molecular flexibility index (Phi) is 3.89. The van der Waals surface area contributed by atoms with E-state index in [-0.39, 0.29) is 16.9 Å². The van der Waals surface area contributed by atoms with Gasteiger partial charge in [-0.2, -0.15) is 0 Å². The van der Waals surface area contributed by atoms with Crippen LogP contribution in [0.15, 0.2) is 45.6 Å². The number of carbonyl (C=O) groups excluding carboxylic acids is 1. The summed E-state index contributed by atoms with van der Waals surface area (Å²) in [5, 5.41) is 12.9. The highest BCUT2D eigenvalue weighted by molar-refractivity contribution is 5.90. The Morgan fingerprint density at radius 1 is 1.04 bits per heavy atom. The summed E-state index contributed by atoms with van der Waals surface area (Å²) < 4.78 is 2.48. The van der Waals surface area contributed by atoms with Crippen molar-refractivity contribution in [2.24, 2.45) is 25.4 Å². The second-order valence-electron chi connectivity index (χ2n) is 8.37. The molecule has 4 rings (SSSR count). The van der Waals surface area contributed by atoms with E-state index in [2.05, 4.69) is 5.32 Å². The first-order valence-electron chi connectivity index (χ1n) is 9.22. The van der Waals surface area contributed by atoms with Gasteiger partial charge in [0.25, 0.3) is 5.56 Å². The second kappa shape index (κ2) is 5.95.